The molecule has 0 amide bonds. The smallest absolute Gasteiger partial charge is 0.219 e. The first-order valence-electron chi connectivity index (χ1n) is 7.71. The van der Waals surface area contributed by atoms with Gasteiger partial charge in [-0.2, -0.15) is 0 Å². The summed E-state index contributed by atoms with van der Waals surface area (Å²) >= 11 is 6.30. The minimum absolute atomic E-state index is 0.0105. The minimum atomic E-state index is -3.90. The molecule has 0 saturated carbocycles. The van der Waals surface area contributed by atoms with Crippen LogP contribution in [0.1, 0.15) is 23.7 Å². The molecule has 9 heteroatoms. The number of benzene rings is 1. The summed E-state index contributed by atoms with van der Waals surface area (Å²) in [6.07, 6.45) is 1.87. The first kappa shape index (κ1) is 18.7. The predicted molar refractivity (Wildman–Crippen MR) is 94.0 cm³/mol. The Bertz CT molecular complexity index is 964. The highest BCUT2D eigenvalue weighted by Crippen LogP contribution is 2.55. The Labute approximate surface area is 155 Å². The number of carbonyl (C=O) groups excluding carboxylic acids is 2. The number of rotatable bonds is 3. The molecule has 2 aliphatic rings. The van der Waals surface area contributed by atoms with Crippen LogP contribution >= 0.6 is 11.6 Å². The van der Waals surface area contributed by atoms with Gasteiger partial charge in [0, 0.05) is 30.7 Å². The van der Waals surface area contributed by atoms with Crippen LogP contribution < -0.4 is 14.2 Å². The molecular formula is C17H17ClO7S. The summed E-state index contributed by atoms with van der Waals surface area (Å²) in [7, 11) is -1.15. The molecule has 0 fully saturated rings. The Morgan fingerprint density at radius 1 is 1.23 bits per heavy atom. The fourth-order valence-corrected chi connectivity index (χ4v) is 4.97. The molecule has 1 aliphatic carbocycles. The highest BCUT2D eigenvalue weighted by Gasteiger charge is 2.61. The van der Waals surface area contributed by atoms with Crippen LogP contribution in [0.2, 0.25) is 5.02 Å². The summed E-state index contributed by atoms with van der Waals surface area (Å²) in [6, 6.07) is 1.43. The molecule has 1 heterocycles. The normalized spacial score (nSPS) is 25.0. The number of halogens is 1. The molecule has 1 spiro atoms. The first-order chi connectivity index (χ1) is 12.1. The van der Waals surface area contributed by atoms with Crippen LogP contribution in [0.4, 0.5) is 0 Å². The van der Waals surface area contributed by atoms with E-state index in [9.17, 15) is 18.0 Å². The number of hydrogen-bond donors (Lipinski definition) is 0. The van der Waals surface area contributed by atoms with Gasteiger partial charge in [-0.3, -0.25) is 9.59 Å². The van der Waals surface area contributed by atoms with E-state index >= 15 is 0 Å². The third-order valence-corrected chi connectivity index (χ3v) is 6.26. The van der Waals surface area contributed by atoms with Crippen LogP contribution in [-0.4, -0.2) is 46.1 Å². The molecule has 26 heavy (non-hydrogen) atoms. The predicted octanol–water partition coefficient (Wildman–Crippen LogP) is 2.21. The van der Waals surface area contributed by atoms with E-state index in [1.807, 2.05) is 0 Å². The van der Waals surface area contributed by atoms with E-state index in [0.29, 0.717) is 0 Å². The largest absolute Gasteiger partial charge is 0.496 e. The molecule has 0 bridgehead atoms. The lowest BCUT2D eigenvalue weighted by molar-refractivity contribution is -0.117. The molecule has 1 aromatic rings. The van der Waals surface area contributed by atoms with Crippen LogP contribution in [0.3, 0.4) is 0 Å². The molecule has 0 unspecified atom stereocenters. The van der Waals surface area contributed by atoms with Crippen molar-refractivity contribution in [2.75, 3.05) is 20.5 Å². The third kappa shape index (κ3) is 2.43. The van der Waals surface area contributed by atoms with Crippen molar-refractivity contribution in [3.63, 3.8) is 0 Å². The number of allylic oxidation sites excluding steroid dienone is 1. The van der Waals surface area contributed by atoms with Gasteiger partial charge < -0.3 is 14.2 Å². The van der Waals surface area contributed by atoms with Crippen molar-refractivity contribution < 1.29 is 32.2 Å². The lowest BCUT2D eigenvalue weighted by Crippen LogP contribution is -2.52. The van der Waals surface area contributed by atoms with E-state index in [-0.39, 0.29) is 44.9 Å². The monoisotopic (exact) mass is 400 g/mol. The zero-order chi connectivity index (χ0) is 19.4. The van der Waals surface area contributed by atoms with Gasteiger partial charge in [-0.1, -0.05) is 18.5 Å². The van der Waals surface area contributed by atoms with Crippen LogP contribution in [0.5, 0.6) is 17.2 Å². The minimum Gasteiger partial charge on any atom is -0.496 e. The Hall–Kier alpha value is -2.06. The summed E-state index contributed by atoms with van der Waals surface area (Å²) in [4.78, 5) is 25.0. The molecular weight excluding hydrogens is 384 g/mol. The highest BCUT2D eigenvalue weighted by atomic mass is 35.5. The van der Waals surface area contributed by atoms with Gasteiger partial charge in [-0.05, 0) is 0 Å². The average Bonchev–Trinajstić information content (AvgIpc) is 2.86. The van der Waals surface area contributed by atoms with Gasteiger partial charge in [-0.25, -0.2) is 8.42 Å². The number of sulfone groups is 1. The van der Waals surface area contributed by atoms with Crippen LogP contribution in [0.25, 0.3) is 0 Å². The molecule has 2 atom stereocenters. The summed E-state index contributed by atoms with van der Waals surface area (Å²) in [5, 5.41) is 0.0328. The van der Waals surface area contributed by atoms with Gasteiger partial charge in [0.25, 0.3) is 0 Å². The van der Waals surface area contributed by atoms with Crippen molar-refractivity contribution in [1.29, 1.82) is 0 Å². The fraction of sp³-hybridized carbons (Fsp3) is 0.412. The zero-order valence-corrected chi connectivity index (χ0v) is 16.2. The van der Waals surface area contributed by atoms with Crippen molar-refractivity contribution >= 4 is 33.0 Å². The molecule has 7 nitrogen and oxygen atoms in total. The van der Waals surface area contributed by atoms with Gasteiger partial charge >= 0.3 is 0 Å². The number of carbonyl (C=O) groups is 2. The quantitative estimate of drug-likeness (QED) is 0.767. The van der Waals surface area contributed by atoms with Crippen molar-refractivity contribution in [1.82, 2.24) is 0 Å². The van der Waals surface area contributed by atoms with Crippen LogP contribution in [0, 0.1) is 5.92 Å². The van der Waals surface area contributed by atoms with E-state index in [2.05, 4.69) is 0 Å². The maximum Gasteiger partial charge on any atom is 0.219 e. The van der Waals surface area contributed by atoms with Crippen LogP contribution in [-0.2, 0) is 14.6 Å². The standard InChI is InChI=1S/C17H17ClO7S/c1-8-5-9(19)6-12(26(4,21)22)17(8)16(20)13-10(23-2)7-11(24-3)14(18)15(13)25-17/h6-8H,5H2,1-4H3/t8-,17-/m1/s1. The molecule has 0 aromatic heterocycles. The maximum atomic E-state index is 13.4. The summed E-state index contributed by atoms with van der Waals surface area (Å²) in [6.45, 7) is 1.59. The fourth-order valence-electron chi connectivity index (χ4n) is 3.47. The number of ketones is 2. The zero-order valence-electron chi connectivity index (χ0n) is 14.6. The van der Waals surface area contributed by atoms with Gasteiger partial charge in [0.2, 0.25) is 11.4 Å². The molecule has 1 aliphatic heterocycles. The molecule has 140 valence electrons. The summed E-state index contributed by atoms with van der Waals surface area (Å²) < 4.78 is 41.1. The van der Waals surface area contributed by atoms with E-state index < -0.39 is 27.1 Å². The van der Waals surface area contributed by atoms with Gasteiger partial charge in [0.1, 0.15) is 22.1 Å². The summed E-state index contributed by atoms with van der Waals surface area (Å²) in [5.74, 6) is -1.34. The van der Waals surface area contributed by atoms with Crippen molar-refractivity contribution in [2.24, 2.45) is 5.92 Å². The Kier molecular flexibility index (Phi) is 4.31. The van der Waals surface area contributed by atoms with E-state index in [1.54, 1.807) is 6.92 Å². The van der Waals surface area contributed by atoms with Crippen LogP contribution in [0.15, 0.2) is 17.0 Å². The molecule has 0 saturated heterocycles. The lowest BCUT2D eigenvalue weighted by atomic mass is 9.77. The second-order valence-electron chi connectivity index (χ2n) is 6.32. The van der Waals surface area contributed by atoms with E-state index in [4.69, 9.17) is 25.8 Å². The molecule has 0 radical (unpaired) electrons. The summed E-state index contributed by atoms with van der Waals surface area (Å²) in [5.41, 5.74) is -1.82. The second-order valence-corrected chi connectivity index (χ2v) is 8.68. The van der Waals surface area contributed by atoms with Gasteiger partial charge in [0.05, 0.1) is 19.1 Å². The number of methoxy groups -OCH3 is 2. The Morgan fingerprint density at radius 3 is 2.38 bits per heavy atom. The number of fused-ring (bicyclic) bond motifs is 1. The molecule has 0 N–H and O–H groups in total. The van der Waals surface area contributed by atoms with Crippen molar-refractivity contribution in [3.8, 4) is 17.2 Å². The third-order valence-electron chi connectivity index (χ3n) is 4.68. The van der Waals surface area contributed by atoms with E-state index in [1.165, 1.54) is 20.3 Å². The molecule has 3 rings (SSSR count). The van der Waals surface area contributed by atoms with E-state index in [0.717, 1.165) is 12.3 Å². The first-order valence-corrected chi connectivity index (χ1v) is 9.98. The maximum absolute atomic E-state index is 13.4. The Morgan fingerprint density at radius 2 is 1.85 bits per heavy atom. The van der Waals surface area contributed by atoms with Crippen molar-refractivity contribution in [3.05, 3.63) is 27.6 Å². The topological polar surface area (TPSA) is 96.0 Å². The SMILES string of the molecule is COc1cc(OC)c2c(c1Cl)O[C@@]1(C2=O)C(S(C)(=O)=O)=CC(=O)C[C@H]1C. The number of hydrogen-bond acceptors (Lipinski definition) is 7. The highest BCUT2D eigenvalue weighted by molar-refractivity contribution is 7.94. The second kappa shape index (κ2) is 5.99. The Balaban J connectivity index is 2.34. The number of ether oxygens (including phenoxy) is 3. The van der Waals surface area contributed by atoms with Gasteiger partial charge in [0.15, 0.2) is 21.4 Å². The van der Waals surface area contributed by atoms with Crippen molar-refractivity contribution in [2.45, 2.75) is 18.9 Å². The number of Topliss-reactive ketones (excluding diaryl/α,β-unsaturated/α-hetero) is 1. The van der Waals surface area contributed by atoms with Gasteiger partial charge in [-0.15, -0.1) is 0 Å². The lowest BCUT2D eigenvalue weighted by Gasteiger charge is -2.36. The average molecular weight is 401 g/mol. The molecule has 1 aromatic carbocycles.